The van der Waals surface area contributed by atoms with E-state index in [1.807, 2.05) is 0 Å². The first kappa shape index (κ1) is 13.3. The number of carbonyl (C=O) groups is 1. The van der Waals surface area contributed by atoms with E-state index < -0.39 is 12.0 Å². The van der Waals surface area contributed by atoms with Gasteiger partial charge >= 0.3 is 0 Å². The monoisotopic (exact) mass is 277 g/mol. The van der Waals surface area contributed by atoms with E-state index in [1.54, 1.807) is 13.1 Å². The van der Waals surface area contributed by atoms with Crippen LogP contribution in [0.25, 0.3) is 0 Å². The van der Waals surface area contributed by atoms with Crippen LogP contribution in [-0.2, 0) is 4.79 Å². The van der Waals surface area contributed by atoms with Crippen molar-refractivity contribution in [2.75, 3.05) is 13.1 Å². The molecular formula is C11H14ClF2N3O. The highest BCUT2D eigenvalue weighted by atomic mass is 35.5. The van der Waals surface area contributed by atoms with Crippen molar-refractivity contribution < 1.29 is 13.6 Å². The molecule has 1 aliphatic rings. The van der Waals surface area contributed by atoms with Crippen LogP contribution in [0.4, 0.5) is 8.78 Å². The molecular weight excluding hydrogens is 264 g/mol. The Labute approximate surface area is 109 Å². The van der Waals surface area contributed by atoms with Gasteiger partial charge in [-0.2, -0.15) is 5.10 Å². The Morgan fingerprint density at radius 3 is 2.61 bits per heavy atom. The van der Waals surface area contributed by atoms with Crippen LogP contribution in [0.3, 0.4) is 0 Å². The smallest absolute Gasteiger partial charge is 0.251 e. The number of nitrogens with zero attached hydrogens (tertiary/aromatic N) is 3. The molecule has 1 aromatic heterocycles. The van der Waals surface area contributed by atoms with Crippen molar-refractivity contribution in [3.63, 3.8) is 0 Å². The zero-order valence-electron chi connectivity index (χ0n) is 9.94. The van der Waals surface area contributed by atoms with E-state index >= 15 is 0 Å². The molecule has 0 saturated carbocycles. The fraction of sp³-hybridized carbons (Fsp3) is 0.636. The fourth-order valence-corrected chi connectivity index (χ4v) is 2.10. The summed E-state index contributed by atoms with van der Waals surface area (Å²) in [5.74, 6) is -2.85. The Balaban J connectivity index is 2.00. The zero-order chi connectivity index (χ0) is 13.3. The van der Waals surface area contributed by atoms with Gasteiger partial charge in [0.1, 0.15) is 6.04 Å². The van der Waals surface area contributed by atoms with Gasteiger partial charge in [-0.25, -0.2) is 8.78 Å². The highest BCUT2D eigenvalue weighted by Gasteiger charge is 2.36. The van der Waals surface area contributed by atoms with Gasteiger partial charge in [0, 0.05) is 32.1 Å². The maximum atomic E-state index is 13.0. The SMILES string of the molecule is C[C@H](C(=O)N1CCC(F)(F)CC1)n1cc(Cl)cn1. The van der Waals surface area contributed by atoms with Crippen LogP contribution in [0.2, 0.25) is 5.02 Å². The molecule has 1 amide bonds. The summed E-state index contributed by atoms with van der Waals surface area (Å²) < 4.78 is 27.4. The van der Waals surface area contributed by atoms with Gasteiger partial charge in [-0.3, -0.25) is 9.48 Å². The van der Waals surface area contributed by atoms with Crippen molar-refractivity contribution in [2.45, 2.75) is 31.7 Å². The highest BCUT2D eigenvalue weighted by Crippen LogP contribution is 2.28. The Bertz CT molecular complexity index is 439. The summed E-state index contributed by atoms with van der Waals surface area (Å²) in [7, 11) is 0. The van der Waals surface area contributed by atoms with Crippen LogP contribution in [0.15, 0.2) is 12.4 Å². The number of alkyl halides is 2. The number of amides is 1. The molecule has 0 aliphatic carbocycles. The molecule has 0 unspecified atom stereocenters. The number of carbonyl (C=O) groups excluding carboxylic acids is 1. The number of hydrogen-bond donors (Lipinski definition) is 0. The van der Waals surface area contributed by atoms with Crippen molar-refractivity contribution in [1.29, 1.82) is 0 Å². The number of aromatic nitrogens is 2. The van der Waals surface area contributed by atoms with Crippen LogP contribution in [0.1, 0.15) is 25.8 Å². The molecule has 0 spiro atoms. The lowest BCUT2D eigenvalue weighted by Crippen LogP contribution is -2.45. The van der Waals surface area contributed by atoms with E-state index in [0.29, 0.717) is 5.02 Å². The van der Waals surface area contributed by atoms with Crippen LogP contribution in [0, 0.1) is 0 Å². The zero-order valence-corrected chi connectivity index (χ0v) is 10.7. The van der Waals surface area contributed by atoms with E-state index in [4.69, 9.17) is 11.6 Å². The summed E-state index contributed by atoms with van der Waals surface area (Å²) >= 11 is 5.72. The third kappa shape index (κ3) is 2.80. The molecule has 2 rings (SSSR count). The third-order valence-corrected chi connectivity index (χ3v) is 3.33. The van der Waals surface area contributed by atoms with Gasteiger partial charge in [-0.1, -0.05) is 11.6 Å². The molecule has 0 N–H and O–H groups in total. The number of likely N-dealkylation sites (tertiary alicyclic amines) is 1. The quantitative estimate of drug-likeness (QED) is 0.832. The summed E-state index contributed by atoms with van der Waals surface area (Å²) in [5, 5.41) is 4.39. The normalized spacial score (nSPS) is 20.8. The number of piperidine rings is 1. The minimum absolute atomic E-state index is 0.0885. The third-order valence-electron chi connectivity index (χ3n) is 3.13. The van der Waals surface area contributed by atoms with Crippen molar-refractivity contribution in [1.82, 2.24) is 14.7 Å². The molecule has 1 aliphatic heterocycles. The Hall–Kier alpha value is -1.17. The maximum absolute atomic E-state index is 13.0. The van der Waals surface area contributed by atoms with Gasteiger partial charge in [-0.15, -0.1) is 0 Å². The van der Waals surface area contributed by atoms with Crippen LogP contribution in [-0.4, -0.2) is 39.6 Å². The van der Waals surface area contributed by atoms with Crippen LogP contribution >= 0.6 is 11.6 Å². The van der Waals surface area contributed by atoms with E-state index in [9.17, 15) is 13.6 Å². The van der Waals surface area contributed by atoms with Gasteiger partial charge < -0.3 is 4.90 Å². The fourth-order valence-electron chi connectivity index (χ4n) is 1.96. The second-order valence-electron chi connectivity index (χ2n) is 4.50. The lowest BCUT2D eigenvalue weighted by molar-refractivity contribution is -0.140. The van der Waals surface area contributed by atoms with Crippen molar-refractivity contribution in [2.24, 2.45) is 0 Å². The Kier molecular flexibility index (Phi) is 3.56. The molecule has 7 heteroatoms. The molecule has 0 bridgehead atoms. The lowest BCUT2D eigenvalue weighted by atomic mass is 10.1. The highest BCUT2D eigenvalue weighted by molar-refractivity contribution is 6.30. The van der Waals surface area contributed by atoms with Gasteiger partial charge in [0.15, 0.2) is 0 Å². The van der Waals surface area contributed by atoms with Crippen molar-refractivity contribution in [3.05, 3.63) is 17.4 Å². The summed E-state index contributed by atoms with van der Waals surface area (Å²) in [6.45, 7) is 1.86. The van der Waals surface area contributed by atoms with Gasteiger partial charge in [-0.05, 0) is 6.92 Å². The topological polar surface area (TPSA) is 38.1 Å². The van der Waals surface area contributed by atoms with E-state index in [-0.39, 0.29) is 31.8 Å². The molecule has 4 nitrogen and oxygen atoms in total. The molecule has 1 saturated heterocycles. The molecule has 1 fully saturated rings. The number of halogens is 3. The largest absolute Gasteiger partial charge is 0.340 e. The Morgan fingerprint density at radius 2 is 2.11 bits per heavy atom. The summed E-state index contributed by atoms with van der Waals surface area (Å²) in [5.41, 5.74) is 0. The van der Waals surface area contributed by atoms with E-state index in [2.05, 4.69) is 5.10 Å². The van der Waals surface area contributed by atoms with E-state index in [0.717, 1.165) is 0 Å². The van der Waals surface area contributed by atoms with E-state index in [1.165, 1.54) is 15.8 Å². The summed E-state index contributed by atoms with van der Waals surface area (Å²) in [6.07, 6.45) is 2.44. The molecule has 18 heavy (non-hydrogen) atoms. The summed E-state index contributed by atoms with van der Waals surface area (Å²) in [6, 6.07) is -0.524. The number of hydrogen-bond acceptors (Lipinski definition) is 2. The van der Waals surface area contributed by atoms with Crippen LogP contribution in [0.5, 0.6) is 0 Å². The van der Waals surface area contributed by atoms with Gasteiger partial charge in [0.2, 0.25) is 5.91 Å². The minimum Gasteiger partial charge on any atom is -0.340 e. The van der Waals surface area contributed by atoms with Crippen molar-refractivity contribution >= 4 is 17.5 Å². The first-order valence-corrected chi connectivity index (χ1v) is 6.13. The number of rotatable bonds is 2. The standard InChI is InChI=1S/C11H14ClF2N3O/c1-8(17-7-9(12)6-15-17)10(18)16-4-2-11(13,14)3-5-16/h6-8H,2-5H2,1H3/t8-/m1/s1. The minimum atomic E-state index is -2.64. The first-order chi connectivity index (χ1) is 8.39. The molecule has 1 aromatic rings. The summed E-state index contributed by atoms with van der Waals surface area (Å²) in [4.78, 5) is 13.6. The van der Waals surface area contributed by atoms with Crippen molar-refractivity contribution in [3.8, 4) is 0 Å². The molecule has 0 radical (unpaired) electrons. The molecule has 1 atom stereocenters. The van der Waals surface area contributed by atoms with Gasteiger partial charge in [0.25, 0.3) is 5.92 Å². The molecule has 2 heterocycles. The molecule has 0 aromatic carbocycles. The molecule has 100 valence electrons. The Morgan fingerprint density at radius 1 is 1.50 bits per heavy atom. The van der Waals surface area contributed by atoms with Gasteiger partial charge in [0.05, 0.1) is 11.2 Å². The maximum Gasteiger partial charge on any atom is 0.251 e. The van der Waals surface area contributed by atoms with Crippen LogP contribution < -0.4 is 0 Å². The second kappa shape index (κ2) is 4.84. The average molecular weight is 278 g/mol. The lowest BCUT2D eigenvalue weighted by Gasteiger charge is -2.33. The average Bonchev–Trinajstić information content (AvgIpc) is 2.74. The first-order valence-electron chi connectivity index (χ1n) is 5.75. The predicted octanol–water partition coefficient (Wildman–Crippen LogP) is 2.36. The predicted molar refractivity (Wildman–Crippen MR) is 62.7 cm³/mol. The second-order valence-corrected chi connectivity index (χ2v) is 4.93.